The molecule has 0 amide bonds. The Kier molecular flexibility index (Phi) is 6.22. The molecule has 34 heavy (non-hydrogen) atoms. The van der Waals surface area contributed by atoms with Crippen molar-refractivity contribution in [1.29, 1.82) is 5.26 Å². The summed E-state index contributed by atoms with van der Waals surface area (Å²) in [7, 11) is 0. The second-order valence-corrected chi connectivity index (χ2v) is 8.59. The molecule has 0 bridgehead atoms. The number of rotatable bonds is 6. The molecule has 9 nitrogen and oxygen atoms in total. The number of H-pyrrole nitrogens is 1. The Hall–Kier alpha value is -3.42. The van der Waals surface area contributed by atoms with E-state index in [1.165, 1.54) is 12.4 Å². The average Bonchev–Trinajstić information content (AvgIpc) is 3.49. The Balaban J connectivity index is 1.45. The number of aromatic amines is 1. The van der Waals surface area contributed by atoms with Gasteiger partial charge in [-0.1, -0.05) is 23.2 Å². The van der Waals surface area contributed by atoms with E-state index in [1.807, 2.05) is 12.1 Å². The molecular formula is C23H19Cl2N7O2. The van der Waals surface area contributed by atoms with E-state index in [4.69, 9.17) is 38.4 Å². The predicted molar refractivity (Wildman–Crippen MR) is 129 cm³/mol. The van der Waals surface area contributed by atoms with E-state index in [2.05, 4.69) is 31.6 Å². The number of pyridine rings is 2. The molecular weight excluding hydrogens is 477 g/mol. The smallest absolute Gasteiger partial charge is 0.177 e. The van der Waals surface area contributed by atoms with E-state index in [0.717, 1.165) is 17.3 Å². The number of ether oxygens (including phenoxy) is 2. The highest BCUT2D eigenvalue weighted by Crippen LogP contribution is 2.33. The van der Waals surface area contributed by atoms with Gasteiger partial charge in [0, 0.05) is 41.7 Å². The van der Waals surface area contributed by atoms with Gasteiger partial charge in [0.2, 0.25) is 0 Å². The summed E-state index contributed by atoms with van der Waals surface area (Å²) in [6, 6.07) is 9.52. The van der Waals surface area contributed by atoms with Crippen LogP contribution in [0, 0.1) is 11.3 Å². The van der Waals surface area contributed by atoms with Gasteiger partial charge in [0.1, 0.15) is 23.3 Å². The molecule has 2 atom stereocenters. The lowest BCUT2D eigenvalue weighted by Gasteiger charge is -2.17. The molecule has 4 heterocycles. The standard InChI is InChI=1S/C23H19Cl2N7O2/c24-17-9-28-10-18(25)20(17)22(27)34-15-1-2-19-16(6-15)21(32-31-19)13-5-12(7-26)23(29-8-13)30-14-3-4-33-11-14/h1-2,5-6,8-10,14,22H,3-4,11,27H2,(H,29,30)(H,31,32)/t14-,22-/m0/s1. The van der Waals surface area contributed by atoms with Gasteiger partial charge in [-0.15, -0.1) is 0 Å². The van der Waals surface area contributed by atoms with E-state index < -0.39 is 6.23 Å². The van der Waals surface area contributed by atoms with E-state index in [9.17, 15) is 5.26 Å². The Morgan fingerprint density at radius 2 is 2.06 bits per heavy atom. The van der Waals surface area contributed by atoms with E-state index in [-0.39, 0.29) is 6.04 Å². The van der Waals surface area contributed by atoms with Crippen LogP contribution in [0.5, 0.6) is 5.75 Å². The third-order valence-corrected chi connectivity index (χ3v) is 6.13. The lowest BCUT2D eigenvalue weighted by molar-refractivity contribution is 0.195. The van der Waals surface area contributed by atoms with Crippen LogP contribution in [0.4, 0.5) is 5.82 Å². The number of hydrogen-bond donors (Lipinski definition) is 3. The summed E-state index contributed by atoms with van der Waals surface area (Å²) in [5, 5.41) is 21.8. The van der Waals surface area contributed by atoms with Crippen LogP contribution < -0.4 is 15.8 Å². The van der Waals surface area contributed by atoms with Crippen molar-refractivity contribution in [3.8, 4) is 23.1 Å². The van der Waals surface area contributed by atoms with Crippen molar-refractivity contribution in [2.45, 2.75) is 18.7 Å². The van der Waals surface area contributed by atoms with Crippen molar-refractivity contribution in [3.63, 3.8) is 0 Å². The molecule has 3 aromatic heterocycles. The minimum atomic E-state index is -0.896. The minimum Gasteiger partial charge on any atom is -0.471 e. The van der Waals surface area contributed by atoms with Crippen molar-refractivity contribution < 1.29 is 9.47 Å². The van der Waals surface area contributed by atoms with Gasteiger partial charge in [0.05, 0.1) is 33.8 Å². The van der Waals surface area contributed by atoms with Crippen molar-refractivity contribution in [1.82, 2.24) is 20.2 Å². The average molecular weight is 496 g/mol. The van der Waals surface area contributed by atoms with Crippen LogP contribution >= 0.6 is 23.2 Å². The van der Waals surface area contributed by atoms with Gasteiger partial charge in [0.15, 0.2) is 6.23 Å². The highest BCUT2D eigenvalue weighted by atomic mass is 35.5. The highest BCUT2D eigenvalue weighted by molar-refractivity contribution is 6.35. The Bertz CT molecular complexity index is 1380. The maximum absolute atomic E-state index is 9.67. The number of hydrogen-bond acceptors (Lipinski definition) is 8. The second kappa shape index (κ2) is 9.44. The lowest BCUT2D eigenvalue weighted by Crippen LogP contribution is -2.20. The Labute approximate surface area is 204 Å². The van der Waals surface area contributed by atoms with Gasteiger partial charge < -0.3 is 14.8 Å². The predicted octanol–water partition coefficient (Wildman–Crippen LogP) is 4.44. The van der Waals surface area contributed by atoms with Gasteiger partial charge in [-0.05, 0) is 30.7 Å². The molecule has 0 spiro atoms. The third kappa shape index (κ3) is 4.36. The molecule has 0 radical (unpaired) electrons. The first kappa shape index (κ1) is 22.4. The fourth-order valence-electron chi connectivity index (χ4n) is 3.82. The molecule has 1 saturated heterocycles. The first-order valence-electron chi connectivity index (χ1n) is 10.5. The van der Waals surface area contributed by atoms with E-state index in [0.29, 0.717) is 57.2 Å². The van der Waals surface area contributed by atoms with Crippen LogP contribution in [-0.2, 0) is 4.74 Å². The summed E-state index contributed by atoms with van der Waals surface area (Å²) in [6.07, 6.45) is 4.58. The van der Waals surface area contributed by atoms with Gasteiger partial charge >= 0.3 is 0 Å². The van der Waals surface area contributed by atoms with Gasteiger partial charge in [0.25, 0.3) is 0 Å². The van der Waals surface area contributed by atoms with Crippen LogP contribution in [0.1, 0.15) is 23.8 Å². The summed E-state index contributed by atoms with van der Waals surface area (Å²) < 4.78 is 11.3. The van der Waals surface area contributed by atoms with Gasteiger partial charge in [-0.3, -0.25) is 15.8 Å². The summed E-state index contributed by atoms with van der Waals surface area (Å²) in [4.78, 5) is 8.41. The molecule has 1 fully saturated rings. The molecule has 172 valence electrons. The van der Waals surface area contributed by atoms with E-state index >= 15 is 0 Å². The number of nitrogens with two attached hydrogens (primary N) is 1. The minimum absolute atomic E-state index is 0.142. The van der Waals surface area contributed by atoms with Crippen LogP contribution in [0.2, 0.25) is 10.0 Å². The summed E-state index contributed by atoms with van der Waals surface area (Å²) in [6.45, 7) is 1.30. The fourth-order valence-corrected chi connectivity index (χ4v) is 4.40. The number of anilines is 1. The summed E-state index contributed by atoms with van der Waals surface area (Å²) in [5.41, 5.74) is 9.21. The summed E-state index contributed by atoms with van der Waals surface area (Å²) in [5.74, 6) is 1.03. The molecule has 0 saturated carbocycles. The molecule has 4 N–H and O–H groups in total. The quantitative estimate of drug-likeness (QED) is 0.334. The highest BCUT2D eigenvalue weighted by Gasteiger charge is 2.20. The third-order valence-electron chi connectivity index (χ3n) is 5.52. The molecule has 1 aliphatic rings. The molecule has 5 rings (SSSR count). The van der Waals surface area contributed by atoms with Crippen molar-refractivity contribution >= 4 is 39.9 Å². The van der Waals surface area contributed by atoms with Crippen molar-refractivity contribution in [2.75, 3.05) is 18.5 Å². The van der Waals surface area contributed by atoms with Crippen LogP contribution in [-0.4, -0.2) is 39.4 Å². The molecule has 4 aromatic rings. The number of fused-ring (bicyclic) bond motifs is 1. The molecule has 0 aliphatic carbocycles. The number of nitriles is 1. The van der Waals surface area contributed by atoms with Gasteiger partial charge in [-0.2, -0.15) is 10.4 Å². The molecule has 1 aromatic carbocycles. The maximum Gasteiger partial charge on any atom is 0.177 e. The zero-order chi connectivity index (χ0) is 23.7. The second-order valence-electron chi connectivity index (χ2n) is 7.77. The van der Waals surface area contributed by atoms with Crippen LogP contribution in [0.25, 0.3) is 22.2 Å². The molecule has 0 unspecified atom stereocenters. The maximum atomic E-state index is 9.67. The van der Waals surface area contributed by atoms with Gasteiger partial charge in [-0.25, -0.2) is 4.98 Å². The normalized spacial score (nSPS) is 16.4. The first-order valence-corrected chi connectivity index (χ1v) is 11.2. The zero-order valence-electron chi connectivity index (χ0n) is 17.8. The number of halogens is 2. The number of nitrogens with zero attached hydrogens (tertiary/aromatic N) is 4. The van der Waals surface area contributed by atoms with Crippen LogP contribution in [0.15, 0.2) is 42.9 Å². The number of aromatic nitrogens is 4. The number of benzene rings is 1. The van der Waals surface area contributed by atoms with E-state index in [1.54, 1.807) is 18.3 Å². The first-order chi connectivity index (χ1) is 16.5. The monoisotopic (exact) mass is 495 g/mol. The SMILES string of the molecule is N#Cc1cc(-c2n[nH]c3ccc(O[C@H](N)c4c(Cl)cncc4Cl)cc23)cnc1N[C@H]1CCOC1. The Morgan fingerprint density at radius 1 is 1.24 bits per heavy atom. The molecule has 11 heteroatoms. The van der Waals surface area contributed by atoms with Crippen molar-refractivity contribution in [2.24, 2.45) is 5.73 Å². The number of nitrogens with one attached hydrogen (secondary N) is 2. The molecule has 1 aliphatic heterocycles. The fraction of sp³-hybridized carbons (Fsp3) is 0.217. The lowest BCUT2D eigenvalue weighted by atomic mass is 10.1. The van der Waals surface area contributed by atoms with Crippen LogP contribution in [0.3, 0.4) is 0 Å². The summed E-state index contributed by atoms with van der Waals surface area (Å²) >= 11 is 12.4. The zero-order valence-corrected chi connectivity index (χ0v) is 19.3. The van der Waals surface area contributed by atoms with Crippen molar-refractivity contribution in [3.05, 3.63) is 64.0 Å². The Morgan fingerprint density at radius 3 is 2.79 bits per heavy atom. The topological polar surface area (TPSA) is 135 Å². The largest absolute Gasteiger partial charge is 0.471 e.